The van der Waals surface area contributed by atoms with Gasteiger partial charge in [-0.15, -0.1) is 5.92 Å². The van der Waals surface area contributed by atoms with E-state index in [1.54, 1.807) is 19.1 Å². The van der Waals surface area contributed by atoms with Crippen molar-refractivity contribution in [1.82, 2.24) is 0 Å². The molecule has 1 atom stereocenters. The molecule has 5 heteroatoms. The number of fused-ring (bicyclic) bond motifs is 2. The van der Waals surface area contributed by atoms with Gasteiger partial charge in [-0.25, -0.2) is 4.79 Å². The van der Waals surface area contributed by atoms with Crippen LogP contribution in [-0.4, -0.2) is 22.6 Å². The Hall–Kier alpha value is -3.10. The molecule has 166 valence electrons. The number of amides is 1. The van der Waals surface area contributed by atoms with Crippen LogP contribution < -0.4 is 5.32 Å². The summed E-state index contributed by atoms with van der Waals surface area (Å²) in [6.45, 7) is 5.58. The molecule has 2 aliphatic rings. The van der Waals surface area contributed by atoms with Gasteiger partial charge in [0.1, 0.15) is 5.60 Å². The second-order valence-electron chi connectivity index (χ2n) is 9.47. The number of esters is 1. The summed E-state index contributed by atoms with van der Waals surface area (Å²) < 4.78 is 5.74. The van der Waals surface area contributed by atoms with E-state index >= 15 is 0 Å². The first-order valence-electron chi connectivity index (χ1n) is 11.1. The standard InChI is InChI=1S/C27H29NO4/c1-4-14-26(31,18-25(2,3)19-10-6-5-7-11-19)24(30)28-20-12-13-21-22(17-20)27(32-23(21)29)15-8-9-16-27/h5-7,10-13,17,31H,8-9,15-16,18H2,1-3H3,(H,28,30). The number of hydrogen-bond donors (Lipinski definition) is 2. The number of ether oxygens (including phenoxy) is 1. The Bertz CT molecular complexity index is 1100. The zero-order valence-electron chi connectivity index (χ0n) is 18.8. The smallest absolute Gasteiger partial charge is 0.339 e. The molecule has 1 aliphatic carbocycles. The molecule has 1 amide bonds. The Labute approximate surface area is 189 Å². The van der Waals surface area contributed by atoms with Gasteiger partial charge in [-0.1, -0.05) is 50.1 Å². The average molecular weight is 432 g/mol. The van der Waals surface area contributed by atoms with Crippen LogP contribution in [0.2, 0.25) is 0 Å². The van der Waals surface area contributed by atoms with Gasteiger partial charge in [-0.05, 0) is 61.8 Å². The predicted molar refractivity (Wildman–Crippen MR) is 123 cm³/mol. The SMILES string of the molecule is CC#CC(O)(CC(C)(C)c1ccccc1)C(=O)Nc1ccc2c(c1)C1(CCCC1)OC2=O. The number of carbonyl (C=O) groups excluding carboxylic acids is 2. The number of rotatable bonds is 5. The predicted octanol–water partition coefficient (Wildman–Crippen LogP) is 4.69. The van der Waals surface area contributed by atoms with E-state index in [1.807, 2.05) is 50.2 Å². The highest BCUT2D eigenvalue weighted by Crippen LogP contribution is 2.48. The van der Waals surface area contributed by atoms with Crippen molar-refractivity contribution in [2.45, 2.75) is 69.5 Å². The van der Waals surface area contributed by atoms with Crippen LogP contribution in [0.15, 0.2) is 48.5 Å². The maximum absolute atomic E-state index is 13.2. The number of carbonyl (C=O) groups is 2. The molecule has 0 aromatic heterocycles. The van der Waals surface area contributed by atoms with Crippen LogP contribution >= 0.6 is 0 Å². The molecule has 5 nitrogen and oxygen atoms in total. The molecule has 2 aromatic carbocycles. The third kappa shape index (κ3) is 3.91. The Balaban J connectivity index is 1.60. The van der Waals surface area contributed by atoms with Crippen LogP contribution in [0.3, 0.4) is 0 Å². The molecule has 0 bridgehead atoms. The molecule has 4 rings (SSSR count). The maximum Gasteiger partial charge on any atom is 0.339 e. The van der Waals surface area contributed by atoms with Gasteiger partial charge in [0.15, 0.2) is 0 Å². The van der Waals surface area contributed by atoms with Crippen molar-refractivity contribution in [3.8, 4) is 11.8 Å². The van der Waals surface area contributed by atoms with Crippen LogP contribution in [-0.2, 0) is 20.5 Å². The summed E-state index contributed by atoms with van der Waals surface area (Å²) in [7, 11) is 0. The summed E-state index contributed by atoms with van der Waals surface area (Å²) in [5, 5.41) is 14.1. The Kier molecular flexibility index (Phi) is 5.60. The van der Waals surface area contributed by atoms with E-state index in [0.29, 0.717) is 11.3 Å². The van der Waals surface area contributed by atoms with Crippen molar-refractivity contribution in [2.24, 2.45) is 0 Å². The quantitative estimate of drug-likeness (QED) is 0.532. The van der Waals surface area contributed by atoms with Crippen molar-refractivity contribution in [2.75, 3.05) is 5.32 Å². The number of nitrogens with one attached hydrogen (secondary N) is 1. The molecule has 1 spiro atoms. The van der Waals surface area contributed by atoms with E-state index in [0.717, 1.165) is 36.8 Å². The van der Waals surface area contributed by atoms with E-state index in [-0.39, 0.29) is 12.4 Å². The third-order valence-electron chi connectivity index (χ3n) is 6.65. The molecule has 1 heterocycles. The molecule has 2 N–H and O–H groups in total. The topological polar surface area (TPSA) is 75.6 Å². The Morgan fingerprint density at radius 1 is 1.16 bits per heavy atom. The molecule has 32 heavy (non-hydrogen) atoms. The van der Waals surface area contributed by atoms with E-state index in [9.17, 15) is 14.7 Å². The first-order chi connectivity index (χ1) is 15.2. The van der Waals surface area contributed by atoms with E-state index in [4.69, 9.17) is 4.74 Å². The number of benzene rings is 2. The van der Waals surface area contributed by atoms with Crippen molar-refractivity contribution in [3.63, 3.8) is 0 Å². The first kappa shape index (κ1) is 22.1. The van der Waals surface area contributed by atoms with Crippen molar-refractivity contribution in [1.29, 1.82) is 0 Å². The molecule has 1 fully saturated rings. The van der Waals surface area contributed by atoms with Crippen LogP contribution in [0.1, 0.15) is 74.4 Å². The molecule has 1 aliphatic heterocycles. The van der Waals surface area contributed by atoms with E-state index in [2.05, 4.69) is 17.2 Å². The van der Waals surface area contributed by atoms with E-state index < -0.39 is 22.5 Å². The normalized spacial score (nSPS) is 18.3. The zero-order chi connectivity index (χ0) is 23.0. The largest absolute Gasteiger partial charge is 0.451 e. The van der Waals surface area contributed by atoms with E-state index in [1.165, 1.54) is 0 Å². The van der Waals surface area contributed by atoms with Gasteiger partial charge >= 0.3 is 5.97 Å². The summed E-state index contributed by atoms with van der Waals surface area (Å²) in [4.78, 5) is 25.6. The summed E-state index contributed by atoms with van der Waals surface area (Å²) in [6.07, 6.45) is 3.72. The first-order valence-corrected chi connectivity index (χ1v) is 11.1. The van der Waals surface area contributed by atoms with Gasteiger partial charge in [0.25, 0.3) is 5.91 Å². The van der Waals surface area contributed by atoms with Gasteiger partial charge in [-0.3, -0.25) is 4.79 Å². The van der Waals surface area contributed by atoms with Gasteiger partial charge in [0.05, 0.1) is 5.56 Å². The van der Waals surface area contributed by atoms with Crippen molar-refractivity contribution in [3.05, 3.63) is 65.2 Å². The highest BCUT2D eigenvalue weighted by Gasteiger charge is 2.47. The fraction of sp³-hybridized carbons (Fsp3) is 0.407. The van der Waals surface area contributed by atoms with Crippen LogP contribution in [0, 0.1) is 11.8 Å². The number of hydrogen-bond acceptors (Lipinski definition) is 4. The maximum atomic E-state index is 13.2. The lowest BCUT2D eigenvalue weighted by molar-refractivity contribution is -0.130. The highest BCUT2D eigenvalue weighted by atomic mass is 16.6. The van der Waals surface area contributed by atoms with Gasteiger partial charge < -0.3 is 15.2 Å². The van der Waals surface area contributed by atoms with Crippen LogP contribution in [0.5, 0.6) is 0 Å². The lowest BCUT2D eigenvalue weighted by Gasteiger charge is -2.32. The third-order valence-corrected chi connectivity index (χ3v) is 6.65. The monoisotopic (exact) mass is 431 g/mol. The fourth-order valence-corrected chi connectivity index (χ4v) is 5.04. The zero-order valence-corrected chi connectivity index (χ0v) is 18.8. The lowest BCUT2D eigenvalue weighted by atomic mass is 9.75. The summed E-state index contributed by atoms with van der Waals surface area (Å²) in [5.41, 5.74) is -0.0191. The van der Waals surface area contributed by atoms with Crippen LogP contribution in [0.4, 0.5) is 5.69 Å². The van der Waals surface area contributed by atoms with Gasteiger partial charge in [-0.2, -0.15) is 0 Å². The minimum absolute atomic E-state index is 0.132. The summed E-state index contributed by atoms with van der Waals surface area (Å²) in [6, 6.07) is 15.0. The molecule has 0 saturated heterocycles. The minimum atomic E-state index is -1.87. The van der Waals surface area contributed by atoms with Gasteiger partial charge in [0.2, 0.25) is 5.60 Å². The minimum Gasteiger partial charge on any atom is -0.451 e. The molecular formula is C27H29NO4. The molecule has 2 aromatic rings. The van der Waals surface area contributed by atoms with Gasteiger partial charge in [0, 0.05) is 17.7 Å². The average Bonchev–Trinajstić information content (AvgIpc) is 3.33. The summed E-state index contributed by atoms with van der Waals surface area (Å²) in [5.74, 6) is 4.55. The Morgan fingerprint density at radius 2 is 1.84 bits per heavy atom. The highest BCUT2D eigenvalue weighted by molar-refractivity contribution is 6.01. The lowest BCUT2D eigenvalue weighted by Crippen LogP contribution is -2.46. The molecular weight excluding hydrogens is 402 g/mol. The van der Waals surface area contributed by atoms with Crippen molar-refractivity contribution < 1.29 is 19.4 Å². The number of anilines is 1. The molecule has 1 saturated carbocycles. The fourth-order valence-electron chi connectivity index (χ4n) is 5.04. The molecule has 1 unspecified atom stereocenters. The Morgan fingerprint density at radius 3 is 2.50 bits per heavy atom. The summed E-state index contributed by atoms with van der Waals surface area (Å²) >= 11 is 0. The number of aliphatic hydroxyl groups is 1. The molecule has 0 radical (unpaired) electrons. The second-order valence-corrected chi connectivity index (χ2v) is 9.47. The van der Waals surface area contributed by atoms with Crippen LogP contribution in [0.25, 0.3) is 0 Å². The second kappa shape index (κ2) is 8.11. The van der Waals surface area contributed by atoms with Crippen molar-refractivity contribution >= 4 is 17.6 Å².